The maximum Gasteiger partial charge on any atom is 0.275 e. The van der Waals surface area contributed by atoms with Gasteiger partial charge in [-0.25, -0.2) is 0 Å². The molecule has 4 aliphatic rings. The first-order chi connectivity index (χ1) is 12.1. The summed E-state index contributed by atoms with van der Waals surface area (Å²) in [7, 11) is 0. The molecular formula is C19H25N5O. The van der Waals surface area contributed by atoms with Crippen LogP contribution in [0.2, 0.25) is 0 Å². The van der Waals surface area contributed by atoms with Crippen LogP contribution in [0.5, 0.6) is 0 Å². The largest absolute Gasteiger partial charge is 0.304 e. The molecule has 0 unspecified atom stereocenters. The van der Waals surface area contributed by atoms with Crippen LogP contribution >= 0.6 is 0 Å². The summed E-state index contributed by atoms with van der Waals surface area (Å²) >= 11 is 0. The Labute approximate surface area is 147 Å². The lowest BCUT2D eigenvalue weighted by atomic mass is 9.53. The molecule has 4 fully saturated rings. The van der Waals surface area contributed by atoms with E-state index >= 15 is 0 Å². The summed E-state index contributed by atoms with van der Waals surface area (Å²) in [5.74, 6) is 3.15. The van der Waals surface area contributed by atoms with Crippen molar-refractivity contribution in [2.24, 2.45) is 17.8 Å². The van der Waals surface area contributed by atoms with Crippen molar-refractivity contribution in [3.8, 4) is 0 Å². The first-order valence-electron chi connectivity index (χ1n) is 9.54. The lowest BCUT2D eigenvalue weighted by Crippen LogP contribution is -2.52. The zero-order chi connectivity index (χ0) is 17.0. The Kier molecular flexibility index (Phi) is 3.30. The Bertz CT molecular complexity index is 769. The van der Waals surface area contributed by atoms with Gasteiger partial charge in [-0.1, -0.05) is 0 Å². The summed E-state index contributed by atoms with van der Waals surface area (Å²) in [5, 5.41) is 11.9. The molecule has 0 atom stereocenters. The fourth-order valence-electron chi connectivity index (χ4n) is 5.96. The Morgan fingerprint density at radius 3 is 2.52 bits per heavy atom. The number of carbonyl (C=O) groups is 1. The number of hydrogen-bond donors (Lipinski definition) is 1. The molecule has 6 rings (SSSR count). The van der Waals surface area contributed by atoms with Crippen molar-refractivity contribution in [2.45, 2.75) is 57.5 Å². The van der Waals surface area contributed by atoms with Crippen LogP contribution in [0.3, 0.4) is 0 Å². The number of nitrogens with one attached hydrogen (secondary N) is 1. The lowest BCUT2D eigenvalue weighted by molar-refractivity contribution is -0.0492. The summed E-state index contributed by atoms with van der Waals surface area (Å²) in [6, 6.07) is 3.68. The molecule has 1 N–H and O–H groups in total. The van der Waals surface area contributed by atoms with Crippen LogP contribution in [-0.4, -0.2) is 25.5 Å². The molecule has 25 heavy (non-hydrogen) atoms. The minimum Gasteiger partial charge on any atom is -0.304 e. The van der Waals surface area contributed by atoms with Crippen LogP contribution in [0.25, 0.3) is 0 Å². The predicted molar refractivity (Wildman–Crippen MR) is 94.2 cm³/mol. The van der Waals surface area contributed by atoms with E-state index in [4.69, 9.17) is 5.10 Å². The molecule has 4 saturated carbocycles. The van der Waals surface area contributed by atoms with Crippen LogP contribution in [0.15, 0.2) is 24.5 Å². The summed E-state index contributed by atoms with van der Waals surface area (Å²) in [4.78, 5) is 12.5. The van der Waals surface area contributed by atoms with Gasteiger partial charge in [-0.2, -0.15) is 10.2 Å². The number of nitrogens with zero attached hydrogens (tertiary/aromatic N) is 4. The number of aryl methyl sites for hydroxylation is 1. The Balaban J connectivity index is 1.37. The normalized spacial score (nSPS) is 32.9. The molecular weight excluding hydrogens is 314 g/mol. The van der Waals surface area contributed by atoms with Crippen LogP contribution in [0, 0.1) is 17.8 Å². The number of carbonyl (C=O) groups excluding carboxylic acids is 1. The van der Waals surface area contributed by atoms with E-state index in [0.29, 0.717) is 18.1 Å². The molecule has 2 aromatic rings. The van der Waals surface area contributed by atoms with Crippen LogP contribution < -0.4 is 5.32 Å². The van der Waals surface area contributed by atoms with Gasteiger partial charge in [0.05, 0.1) is 5.54 Å². The van der Waals surface area contributed by atoms with Crippen molar-refractivity contribution < 1.29 is 4.79 Å². The third-order valence-corrected chi connectivity index (χ3v) is 6.57. The predicted octanol–water partition coefficient (Wildman–Crippen LogP) is 3.28. The van der Waals surface area contributed by atoms with Gasteiger partial charge in [0.1, 0.15) is 5.69 Å². The fourth-order valence-corrected chi connectivity index (χ4v) is 5.96. The standard InChI is InChI=1S/C19H25N5O/c1-2-23-16(3-5-20-23)18(25)21-17-4-6-24(22-17)19-10-13-7-14(11-19)9-15(8-13)12-19/h3-6,13-15H,2,7-12H2,1H3,(H,21,22,25). The number of anilines is 1. The quantitative estimate of drug-likeness (QED) is 0.930. The zero-order valence-electron chi connectivity index (χ0n) is 14.7. The van der Waals surface area contributed by atoms with E-state index in [1.807, 2.05) is 13.0 Å². The molecule has 4 aliphatic carbocycles. The average molecular weight is 339 g/mol. The molecule has 2 aromatic heterocycles. The zero-order valence-corrected chi connectivity index (χ0v) is 14.7. The van der Waals surface area contributed by atoms with Gasteiger partial charge < -0.3 is 5.32 Å². The molecule has 0 radical (unpaired) electrons. The molecule has 0 aromatic carbocycles. The fraction of sp³-hybridized carbons (Fsp3) is 0.632. The van der Waals surface area contributed by atoms with Crippen LogP contribution in [0.1, 0.15) is 55.9 Å². The molecule has 0 saturated heterocycles. The van der Waals surface area contributed by atoms with E-state index in [1.165, 1.54) is 38.5 Å². The van der Waals surface area contributed by atoms with E-state index in [0.717, 1.165) is 17.8 Å². The molecule has 4 bridgehead atoms. The first-order valence-corrected chi connectivity index (χ1v) is 9.54. The topological polar surface area (TPSA) is 64.7 Å². The molecule has 1 amide bonds. The van der Waals surface area contributed by atoms with Gasteiger partial charge in [0.25, 0.3) is 5.91 Å². The maximum atomic E-state index is 12.5. The van der Waals surface area contributed by atoms with Crippen molar-refractivity contribution >= 4 is 11.7 Å². The van der Waals surface area contributed by atoms with E-state index < -0.39 is 0 Å². The Morgan fingerprint density at radius 2 is 1.88 bits per heavy atom. The molecule has 6 nitrogen and oxygen atoms in total. The maximum absolute atomic E-state index is 12.5. The van der Waals surface area contributed by atoms with Gasteiger partial charge in [-0.3, -0.25) is 14.2 Å². The Morgan fingerprint density at radius 1 is 1.20 bits per heavy atom. The van der Waals surface area contributed by atoms with Gasteiger partial charge in [0.15, 0.2) is 5.82 Å². The van der Waals surface area contributed by atoms with E-state index in [2.05, 4.69) is 21.3 Å². The van der Waals surface area contributed by atoms with E-state index in [9.17, 15) is 4.79 Å². The number of rotatable bonds is 4. The molecule has 0 aliphatic heterocycles. The molecule has 0 spiro atoms. The molecule has 6 heteroatoms. The molecule has 132 valence electrons. The second-order valence-electron chi connectivity index (χ2n) is 8.27. The second kappa shape index (κ2) is 5.44. The van der Waals surface area contributed by atoms with E-state index in [-0.39, 0.29) is 11.4 Å². The van der Waals surface area contributed by atoms with Crippen molar-refractivity contribution in [3.63, 3.8) is 0 Å². The van der Waals surface area contributed by atoms with Crippen molar-refractivity contribution in [1.29, 1.82) is 0 Å². The highest BCUT2D eigenvalue weighted by Gasteiger charge is 2.52. The van der Waals surface area contributed by atoms with Gasteiger partial charge in [-0.15, -0.1) is 0 Å². The van der Waals surface area contributed by atoms with Crippen molar-refractivity contribution in [3.05, 3.63) is 30.2 Å². The summed E-state index contributed by atoms with van der Waals surface area (Å²) in [5.41, 5.74) is 0.773. The second-order valence-corrected chi connectivity index (χ2v) is 8.27. The smallest absolute Gasteiger partial charge is 0.275 e. The highest BCUT2D eigenvalue weighted by atomic mass is 16.2. The Hall–Kier alpha value is -2.11. The highest BCUT2D eigenvalue weighted by molar-refractivity contribution is 6.02. The van der Waals surface area contributed by atoms with Gasteiger partial charge in [0.2, 0.25) is 0 Å². The van der Waals surface area contributed by atoms with Crippen LogP contribution in [-0.2, 0) is 12.1 Å². The molecule has 2 heterocycles. The number of amides is 1. The first kappa shape index (κ1) is 15.2. The van der Waals surface area contributed by atoms with Gasteiger partial charge in [-0.05, 0) is 69.3 Å². The monoisotopic (exact) mass is 339 g/mol. The SMILES string of the molecule is CCn1nccc1C(=O)Nc1ccn(C23CC4CC(CC(C4)C2)C3)n1. The summed E-state index contributed by atoms with van der Waals surface area (Å²) < 4.78 is 3.87. The third-order valence-electron chi connectivity index (χ3n) is 6.57. The minimum absolute atomic E-state index is 0.143. The van der Waals surface area contributed by atoms with Gasteiger partial charge >= 0.3 is 0 Å². The van der Waals surface area contributed by atoms with Crippen molar-refractivity contribution in [2.75, 3.05) is 5.32 Å². The average Bonchev–Trinajstić information content (AvgIpc) is 3.22. The van der Waals surface area contributed by atoms with E-state index in [1.54, 1.807) is 16.9 Å². The van der Waals surface area contributed by atoms with Gasteiger partial charge in [0, 0.05) is 25.0 Å². The number of aromatic nitrogens is 4. The highest BCUT2D eigenvalue weighted by Crippen LogP contribution is 2.58. The van der Waals surface area contributed by atoms with Crippen LogP contribution in [0.4, 0.5) is 5.82 Å². The number of hydrogen-bond acceptors (Lipinski definition) is 3. The summed E-state index contributed by atoms with van der Waals surface area (Å²) in [6.07, 6.45) is 11.8. The summed E-state index contributed by atoms with van der Waals surface area (Å²) in [6.45, 7) is 2.66. The third kappa shape index (κ3) is 2.41. The lowest BCUT2D eigenvalue weighted by Gasteiger charge is -2.56. The van der Waals surface area contributed by atoms with Crippen molar-refractivity contribution in [1.82, 2.24) is 19.6 Å². The minimum atomic E-state index is -0.143.